The third-order valence-electron chi connectivity index (χ3n) is 5.81. The van der Waals surface area contributed by atoms with Crippen molar-refractivity contribution in [2.45, 2.75) is 24.9 Å². The summed E-state index contributed by atoms with van der Waals surface area (Å²) in [5.41, 5.74) is 4.82. The van der Waals surface area contributed by atoms with Crippen LogP contribution < -0.4 is 4.74 Å². The molecule has 4 aromatic carbocycles. The van der Waals surface area contributed by atoms with Gasteiger partial charge in [0.25, 0.3) is 0 Å². The number of rotatable bonds is 9. The number of hydrogen-bond acceptors (Lipinski definition) is 2. The molecule has 0 fully saturated rings. The van der Waals surface area contributed by atoms with Crippen molar-refractivity contribution in [2.24, 2.45) is 0 Å². The molecule has 2 unspecified atom stereocenters. The molecule has 0 bridgehead atoms. The first-order chi connectivity index (χ1) is 15.7. The largest absolute Gasteiger partial charge is 0.489 e. The lowest BCUT2D eigenvalue weighted by Crippen LogP contribution is -2.11. The molecule has 4 aromatic rings. The molecule has 32 heavy (non-hydrogen) atoms. The molecule has 0 aliphatic rings. The molecule has 162 valence electrons. The van der Waals surface area contributed by atoms with E-state index in [9.17, 15) is 5.11 Å². The van der Waals surface area contributed by atoms with E-state index in [0.29, 0.717) is 6.61 Å². The molecule has 0 aromatic heterocycles. The molecule has 2 atom stereocenters. The van der Waals surface area contributed by atoms with Crippen LogP contribution in [-0.4, -0.2) is 11.7 Å². The Morgan fingerprint density at radius 2 is 1.22 bits per heavy atom. The van der Waals surface area contributed by atoms with Crippen LogP contribution in [0.25, 0.3) is 0 Å². The first kappa shape index (κ1) is 22.6. The van der Waals surface area contributed by atoms with Crippen molar-refractivity contribution in [2.75, 3.05) is 6.61 Å². The van der Waals surface area contributed by atoms with Gasteiger partial charge < -0.3 is 9.84 Å². The Kier molecular flexibility index (Phi) is 7.97. The maximum absolute atomic E-state index is 10.2. The minimum Gasteiger partial charge on any atom is -0.489 e. The molecule has 0 heterocycles. The predicted molar refractivity (Wildman–Crippen MR) is 139 cm³/mol. The van der Waals surface area contributed by atoms with Gasteiger partial charge in [0.1, 0.15) is 12.4 Å². The Labute approximate surface area is 204 Å². The second-order valence-corrected chi connectivity index (χ2v) is 9.22. The van der Waals surface area contributed by atoms with Gasteiger partial charge in [-0.25, -0.2) is 0 Å². The Hall–Kier alpha value is -2.63. The average molecular weight is 534 g/mol. The van der Waals surface area contributed by atoms with Crippen molar-refractivity contribution in [3.63, 3.8) is 0 Å². The van der Waals surface area contributed by atoms with Crippen LogP contribution in [0.3, 0.4) is 0 Å². The number of aliphatic hydroxyl groups is 1. The number of aliphatic hydroxyl groups excluding tert-OH is 1. The first-order valence-electron chi connectivity index (χ1n) is 10.9. The van der Waals surface area contributed by atoms with Crippen molar-refractivity contribution in [1.29, 1.82) is 0 Å². The van der Waals surface area contributed by atoms with Crippen LogP contribution in [0.15, 0.2) is 109 Å². The summed E-state index contributed by atoms with van der Waals surface area (Å²) in [5.74, 6) is 1.13. The average Bonchev–Trinajstić information content (AvgIpc) is 2.86. The smallest absolute Gasteiger partial charge is 0.119 e. The third-order valence-corrected chi connectivity index (χ3v) is 6.53. The quantitative estimate of drug-likeness (QED) is 0.231. The zero-order valence-electron chi connectivity index (χ0n) is 17.9. The Bertz CT molecular complexity index is 1080. The van der Waals surface area contributed by atoms with Crippen LogP contribution in [0.2, 0.25) is 0 Å². The van der Waals surface area contributed by atoms with Gasteiger partial charge in [0.05, 0.1) is 0 Å². The molecule has 3 heteroatoms. The molecule has 4 rings (SSSR count). The molecule has 0 aliphatic carbocycles. The second-order valence-electron chi connectivity index (χ2n) is 7.97. The third kappa shape index (κ3) is 5.99. The summed E-state index contributed by atoms with van der Waals surface area (Å²) >= 11 is 2.34. The van der Waals surface area contributed by atoms with Crippen molar-refractivity contribution in [1.82, 2.24) is 0 Å². The predicted octanol–water partition coefficient (Wildman–Crippen LogP) is 7.17. The SMILES string of the molecule is OCC(CC(c1ccc(I)cc1)c1ccc(OCc2ccccc2)cc1)c1ccccc1. The summed E-state index contributed by atoms with van der Waals surface area (Å²) in [6.45, 7) is 0.685. The molecular weight excluding hydrogens is 507 g/mol. The minimum absolute atomic E-state index is 0.0782. The lowest BCUT2D eigenvalue weighted by Gasteiger charge is -2.24. The van der Waals surface area contributed by atoms with Gasteiger partial charge in [-0.2, -0.15) is 0 Å². The van der Waals surface area contributed by atoms with Gasteiger partial charge in [0.2, 0.25) is 0 Å². The number of halogens is 1. The van der Waals surface area contributed by atoms with E-state index in [4.69, 9.17) is 4.74 Å². The molecule has 2 nitrogen and oxygen atoms in total. The van der Waals surface area contributed by atoms with E-state index in [-0.39, 0.29) is 18.4 Å². The van der Waals surface area contributed by atoms with Gasteiger partial charge in [-0.3, -0.25) is 0 Å². The fourth-order valence-corrected chi connectivity index (χ4v) is 4.38. The van der Waals surface area contributed by atoms with E-state index in [1.807, 2.05) is 36.4 Å². The summed E-state index contributed by atoms with van der Waals surface area (Å²) in [5, 5.41) is 10.2. The molecule has 0 amide bonds. The van der Waals surface area contributed by atoms with Crippen molar-refractivity contribution >= 4 is 22.6 Å². The van der Waals surface area contributed by atoms with Crippen molar-refractivity contribution in [3.8, 4) is 5.75 Å². The summed E-state index contributed by atoms with van der Waals surface area (Å²) in [6.07, 6.45) is 0.839. The van der Waals surface area contributed by atoms with Crippen LogP contribution in [-0.2, 0) is 6.61 Å². The maximum Gasteiger partial charge on any atom is 0.119 e. The van der Waals surface area contributed by atoms with Gasteiger partial charge in [-0.15, -0.1) is 0 Å². The van der Waals surface area contributed by atoms with Crippen LogP contribution in [0.4, 0.5) is 0 Å². The topological polar surface area (TPSA) is 29.5 Å². The summed E-state index contributed by atoms with van der Waals surface area (Å²) in [4.78, 5) is 0. The molecular formula is C29H27IO2. The minimum atomic E-state index is 0.0782. The van der Waals surface area contributed by atoms with E-state index in [0.717, 1.165) is 17.7 Å². The van der Waals surface area contributed by atoms with Gasteiger partial charge in [0.15, 0.2) is 0 Å². The van der Waals surface area contributed by atoms with Gasteiger partial charge in [-0.1, -0.05) is 84.9 Å². The van der Waals surface area contributed by atoms with E-state index in [2.05, 4.69) is 95.4 Å². The highest BCUT2D eigenvalue weighted by molar-refractivity contribution is 14.1. The molecule has 0 saturated heterocycles. The summed E-state index contributed by atoms with van der Waals surface area (Å²) in [7, 11) is 0. The van der Waals surface area contributed by atoms with Crippen LogP contribution >= 0.6 is 22.6 Å². The molecule has 1 N–H and O–H groups in total. The lowest BCUT2D eigenvalue weighted by molar-refractivity contribution is 0.256. The fraction of sp³-hybridized carbons (Fsp3) is 0.172. The van der Waals surface area contributed by atoms with E-state index in [1.165, 1.54) is 20.3 Å². The van der Waals surface area contributed by atoms with Crippen molar-refractivity contribution < 1.29 is 9.84 Å². The number of hydrogen-bond donors (Lipinski definition) is 1. The highest BCUT2D eigenvalue weighted by Crippen LogP contribution is 2.36. The molecule has 0 spiro atoms. The zero-order valence-corrected chi connectivity index (χ0v) is 20.1. The summed E-state index contributed by atoms with van der Waals surface area (Å²) in [6, 6.07) is 37.6. The van der Waals surface area contributed by atoms with Crippen LogP contribution in [0.5, 0.6) is 5.75 Å². The van der Waals surface area contributed by atoms with Crippen LogP contribution in [0, 0.1) is 3.57 Å². The molecule has 0 radical (unpaired) electrons. The monoisotopic (exact) mass is 534 g/mol. The Morgan fingerprint density at radius 3 is 1.81 bits per heavy atom. The summed E-state index contributed by atoms with van der Waals surface area (Å²) < 4.78 is 7.20. The van der Waals surface area contributed by atoms with Gasteiger partial charge in [0, 0.05) is 22.0 Å². The van der Waals surface area contributed by atoms with Crippen molar-refractivity contribution in [3.05, 3.63) is 135 Å². The fourth-order valence-electron chi connectivity index (χ4n) is 4.02. The standard InChI is InChI=1S/C29H27IO2/c30-27-15-11-24(12-16-27)29(19-26(20-31)23-9-5-2-6-10-23)25-13-17-28(18-14-25)32-21-22-7-3-1-4-8-22/h1-18,26,29,31H,19-21H2. The Morgan fingerprint density at radius 1 is 0.656 bits per heavy atom. The van der Waals surface area contributed by atoms with Crippen LogP contribution in [0.1, 0.15) is 40.5 Å². The second kappa shape index (κ2) is 11.3. The highest BCUT2D eigenvalue weighted by Gasteiger charge is 2.21. The van der Waals surface area contributed by atoms with E-state index < -0.39 is 0 Å². The molecule has 0 saturated carbocycles. The van der Waals surface area contributed by atoms with Gasteiger partial charge in [-0.05, 0) is 75.5 Å². The lowest BCUT2D eigenvalue weighted by atomic mass is 9.81. The highest BCUT2D eigenvalue weighted by atomic mass is 127. The van der Waals surface area contributed by atoms with E-state index >= 15 is 0 Å². The first-order valence-corrected chi connectivity index (χ1v) is 12.0. The van der Waals surface area contributed by atoms with Gasteiger partial charge >= 0.3 is 0 Å². The number of ether oxygens (including phenoxy) is 1. The maximum atomic E-state index is 10.2. The normalized spacial score (nSPS) is 12.8. The zero-order chi connectivity index (χ0) is 22.2. The number of benzene rings is 4. The molecule has 0 aliphatic heterocycles. The van der Waals surface area contributed by atoms with E-state index in [1.54, 1.807) is 0 Å². The Balaban J connectivity index is 1.56.